The second-order valence-corrected chi connectivity index (χ2v) is 4.51. The van der Waals surface area contributed by atoms with Gasteiger partial charge in [-0.05, 0) is 18.9 Å². The van der Waals surface area contributed by atoms with Crippen molar-refractivity contribution in [2.45, 2.75) is 26.7 Å². The highest BCUT2D eigenvalue weighted by Gasteiger charge is 2.13. The first-order valence-electron chi connectivity index (χ1n) is 6.79. The van der Waals surface area contributed by atoms with Crippen molar-refractivity contribution >= 4 is 5.95 Å². The Hall–Kier alpha value is -2.77. The lowest BCUT2D eigenvalue weighted by Gasteiger charge is -2.07. The molecule has 3 aromatic heterocycles. The van der Waals surface area contributed by atoms with Gasteiger partial charge in [0.05, 0.1) is 5.69 Å². The van der Waals surface area contributed by atoms with E-state index in [1.165, 1.54) is 0 Å². The van der Waals surface area contributed by atoms with Crippen molar-refractivity contribution in [1.82, 2.24) is 34.3 Å². The van der Waals surface area contributed by atoms with Crippen LogP contribution in [-0.4, -0.2) is 34.3 Å². The predicted octanol–water partition coefficient (Wildman–Crippen LogP) is 0.950. The first-order chi connectivity index (χ1) is 10.2. The Morgan fingerprint density at radius 2 is 1.90 bits per heavy atom. The zero-order valence-electron chi connectivity index (χ0n) is 11.9. The van der Waals surface area contributed by atoms with Crippen LogP contribution in [0.5, 0.6) is 0 Å². The van der Waals surface area contributed by atoms with Crippen molar-refractivity contribution in [1.29, 1.82) is 0 Å². The lowest BCUT2D eigenvalue weighted by atomic mass is 10.3. The van der Waals surface area contributed by atoms with E-state index in [0.717, 1.165) is 24.2 Å². The molecule has 0 bridgehead atoms. The van der Waals surface area contributed by atoms with Crippen molar-refractivity contribution in [3.63, 3.8) is 0 Å². The van der Waals surface area contributed by atoms with Crippen LogP contribution >= 0.6 is 0 Å². The fourth-order valence-corrected chi connectivity index (χ4v) is 2.03. The predicted molar refractivity (Wildman–Crippen MR) is 77.2 cm³/mol. The lowest BCUT2D eigenvalue weighted by molar-refractivity contribution is 0.731. The average Bonchev–Trinajstić information content (AvgIpc) is 3.15. The van der Waals surface area contributed by atoms with Crippen molar-refractivity contribution in [3.8, 4) is 11.9 Å². The summed E-state index contributed by atoms with van der Waals surface area (Å²) in [4.78, 5) is 16.7. The Balaban J connectivity index is 2.12. The van der Waals surface area contributed by atoms with Gasteiger partial charge in [-0.25, -0.2) is 9.67 Å². The molecule has 0 radical (unpaired) electrons. The van der Waals surface area contributed by atoms with Crippen LogP contribution in [0.2, 0.25) is 0 Å². The van der Waals surface area contributed by atoms with Gasteiger partial charge in [0.15, 0.2) is 0 Å². The van der Waals surface area contributed by atoms with Gasteiger partial charge in [-0.2, -0.15) is 20.1 Å². The van der Waals surface area contributed by atoms with Gasteiger partial charge in [0.2, 0.25) is 11.9 Å². The number of rotatable bonds is 4. The van der Waals surface area contributed by atoms with Crippen LogP contribution in [0.3, 0.4) is 0 Å². The fraction of sp³-hybridized carbons (Fsp3) is 0.308. The average molecular weight is 284 g/mol. The van der Waals surface area contributed by atoms with E-state index in [1.54, 1.807) is 28.0 Å². The van der Waals surface area contributed by atoms with E-state index >= 15 is 0 Å². The third-order valence-corrected chi connectivity index (χ3v) is 3.11. The summed E-state index contributed by atoms with van der Waals surface area (Å²) >= 11 is 0. The fourth-order valence-electron chi connectivity index (χ4n) is 2.03. The standard InChI is InChI=1S/C13H16N8/c1-3-9-7-10(4-2)21(19-9)13-17-11(14)16-12(18-13)20-6-5-15-8-20/h5-8H,3-4H2,1-2H3,(H2,14,16,17,18). The molecule has 3 aromatic rings. The minimum absolute atomic E-state index is 0.152. The molecule has 0 unspecified atom stereocenters. The summed E-state index contributed by atoms with van der Waals surface area (Å²) in [6.07, 6.45) is 6.70. The second-order valence-electron chi connectivity index (χ2n) is 4.51. The summed E-state index contributed by atoms with van der Waals surface area (Å²) in [6, 6.07) is 2.05. The molecule has 8 heteroatoms. The molecule has 0 aliphatic rings. The molecule has 8 nitrogen and oxygen atoms in total. The summed E-state index contributed by atoms with van der Waals surface area (Å²) in [5.41, 5.74) is 7.83. The number of hydrogen-bond donors (Lipinski definition) is 1. The van der Waals surface area contributed by atoms with E-state index in [4.69, 9.17) is 5.73 Å². The number of nitrogens with zero attached hydrogens (tertiary/aromatic N) is 7. The highest BCUT2D eigenvalue weighted by molar-refractivity contribution is 5.30. The highest BCUT2D eigenvalue weighted by atomic mass is 15.4. The SMILES string of the molecule is CCc1cc(CC)n(-c2nc(N)nc(-n3ccnc3)n2)n1. The zero-order chi connectivity index (χ0) is 14.8. The molecule has 3 heterocycles. The first kappa shape index (κ1) is 13.2. The van der Waals surface area contributed by atoms with Gasteiger partial charge >= 0.3 is 0 Å². The van der Waals surface area contributed by atoms with E-state index in [0.29, 0.717) is 11.9 Å². The lowest BCUT2D eigenvalue weighted by Crippen LogP contribution is -2.13. The van der Waals surface area contributed by atoms with Crippen molar-refractivity contribution < 1.29 is 0 Å². The Morgan fingerprint density at radius 3 is 2.57 bits per heavy atom. The molecule has 0 fully saturated rings. The Bertz CT molecular complexity index is 744. The van der Waals surface area contributed by atoms with Crippen LogP contribution in [0.1, 0.15) is 25.2 Å². The topological polar surface area (TPSA) is 100 Å². The van der Waals surface area contributed by atoms with Gasteiger partial charge in [-0.1, -0.05) is 13.8 Å². The number of aromatic nitrogens is 7. The van der Waals surface area contributed by atoms with Crippen LogP contribution in [0.25, 0.3) is 11.9 Å². The summed E-state index contributed by atoms with van der Waals surface area (Å²) in [7, 11) is 0. The number of nitrogen functional groups attached to an aromatic ring is 1. The third-order valence-electron chi connectivity index (χ3n) is 3.11. The zero-order valence-corrected chi connectivity index (χ0v) is 11.9. The molecule has 0 amide bonds. The molecule has 2 N–H and O–H groups in total. The smallest absolute Gasteiger partial charge is 0.257 e. The normalized spacial score (nSPS) is 11.0. The number of anilines is 1. The van der Waals surface area contributed by atoms with E-state index < -0.39 is 0 Å². The van der Waals surface area contributed by atoms with Crippen LogP contribution in [0.15, 0.2) is 24.8 Å². The van der Waals surface area contributed by atoms with Crippen LogP contribution in [0, 0.1) is 0 Å². The largest absolute Gasteiger partial charge is 0.368 e. The summed E-state index contributed by atoms with van der Waals surface area (Å²) in [5.74, 6) is 0.993. The van der Waals surface area contributed by atoms with Crippen molar-refractivity contribution in [3.05, 3.63) is 36.2 Å². The van der Waals surface area contributed by atoms with E-state index in [1.807, 2.05) is 0 Å². The highest BCUT2D eigenvalue weighted by Crippen LogP contribution is 2.13. The van der Waals surface area contributed by atoms with Crippen molar-refractivity contribution in [2.75, 3.05) is 5.73 Å². The van der Waals surface area contributed by atoms with E-state index in [-0.39, 0.29) is 5.95 Å². The van der Waals surface area contributed by atoms with Gasteiger partial charge in [0, 0.05) is 18.1 Å². The van der Waals surface area contributed by atoms with Gasteiger partial charge in [0.25, 0.3) is 5.95 Å². The maximum absolute atomic E-state index is 5.80. The molecule has 21 heavy (non-hydrogen) atoms. The number of aryl methyl sites for hydroxylation is 2. The quantitative estimate of drug-likeness (QED) is 0.765. The maximum atomic E-state index is 5.80. The molecule has 0 atom stereocenters. The van der Waals surface area contributed by atoms with Crippen LogP contribution in [0.4, 0.5) is 5.95 Å². The maximum Gasteiger partial charge on any atom is 0.257 e. The Kier molecular flexibility index (Phi) is 3.35. The third kappa shape index (κ3) is 2.47. The van der Waals surface area contributed by atoms with Crippen LogP contribution in [-0.2, 0) is 12.8 Å². The summed E-state index contributed by atoms with van der Waals surface area (Å²) in [5, 5.41) is 4.52. The Labute approximate surface area is 121 Å². The number of imidazole rings is 1. The number of hydrogen-bond acceptors (Lipinski definition) is 6. The molecule has 0 aliphatic heterocycles. The van der Waals surface area contributed by atoms with Gasteiger partial charge < -0.3 is 5.73 Å². The summed E-state index contributed by atoms with van der Waals surface area (Å²) in [6.45, 7) is 4.12. The summed E-state index contributed by atoms with van der Waals surface area (Å²) < 4.78 is 3.40. The molecule has 0 aromatic carbocycles. The first-order valence-corrected chi connectivity index (χ1v) is 6.79. The van der Waals surface area contributed by atoms with Crippen molar-refractivity contribution in [2.24, 2.45) is 0 Å². The molecule has 0 saturated heterocycles. The Morgan fingerprint density at radius 1 is 1.10 bits per heavy atom. The molecular formula is C13H16N8. The molecule has 108 valence electrons. The molecule has 3 rings (SSSR count). The second kappa shape index (κ2) is 5.31. The van der Waals surface area contributed by atoms with Gasteiger partial charge in [0.1, 0.15) is 6.33 Å². The molecule has 0 spiro atoms. The van der Waals surface area contributed by atoms with E-state index in [2.05, 4.69) is 44.9 Å². The van der Waals surface area contributed by atoms with E-state index in [9.17, 15) is 0 Å². The minimum Gasteiger partial charge on any atom is -0.368 e. The monoisotopic (exact) mass is 284 g/mol. The minimum atomic E-state index is 0.152. The molecule has 0 saturated carbocycles. The van der Waals surface area contributed by atoms with Gasteiger partial charge in [-0.3, -0.25) is 4.57 Å². The van der Waals surface area contributed by atoms with Crippen LogP contribution < -0.4 is 5.73 Å². The number of nitrogens with two attached hydrogens (primary N) is 1. The molecular weight excluding hydrogens is 268 g/mol. The molecule has 0 aliphatic carbocycles. The van der Waals surface area contributed by atoms with Gasteiger partial charge in [-0.15, -0.1) is 0 Å².